The zero-order chi connectivity index (χ0) is 13.2. The molecule has 18 heavy (non-hydrogen) atoms. The third-order valence-corrected chi connectivity index (χ3v) is 2.53. The highest BCUT2D eigenvalue weighted by atomic mass is 35.5. The van der Waals surface area contributed by atoms with Gasteiger partial charge in [0, 0.05) is 17.9 Å². The predicted molar refractivity (Wildman–Crippen MR) is 61.4 cm³/mol. The minimum atomic E-state index is -4.37. The molecule has 0 spiro atoms. The van der Waals surface area contributed by atoms with Gasteiger partial charge in [0.15, 0.2) is 11.7 Å². The van der Waals surface area contributed by atoms with Gasteiger partial charge >= 0.3 is 6.18 Å². The van der Waals surface area contributed by atoms with Crippen molar-refractivity contribution in [2.24, 2.45) is 0 Å². The Morgan fingerprint density at radius 1 is 1.28 bits per heavy atom. The van der Waals surface area contributed by atoms with E-state index >= 15 is 0 Å². The Labute approximate surface area is 106 Å². The summed E-state index contributed by atoms with van der Waals surface area (Å²) in [6.45, 7) is 0. The Morgan fingerprint density at radius 3 is 2.72 bits per heavy atom. The van der Waals surface area contributed by atoms with Crippen molar-refractivity contribution in [3.8, 4) is 11.3 Å². The fourth-order valence-electron chi connectivity index (χ4n) is 1.49. The molecule has 0 fully saturated rings. The van der Waals surface area contributed by atoms with Gasteiger partial charge in [0.05, 0.1) is 11.8 Å². The zero-order valence-electron chi connectivity index (χ0n) is 9.17. The van der Waals surface area contributed by atoms with Crippen LogP contribution in [0.1, 0.15) is 11.5 Å². The van der Waals surface area contributed by atoms with Crippen LogP contribution in [0.5, 0.6) is 0 Å². The number of benzene rings is 1. The van der Waals surface area contributed by atoms with Crippen LogP contribution < -0.4 is 0 Å². The monoisotopic (exact) mass is 275 g/mol. The van der Waals surface area contributed by atoms with Crippen molar-refractivity contribution in [1.82, 2.24) is 4.98 Å². The summed E-state index contributed by atoms with van der Waals surface area (Å²) in [7, 11) is 0. The van der Waals surface area contributed by atoms with Crippen molar-refractivity contribution in [3.63, 3.8) is 0 Å². The normalized spacial score (nSPS) is 11.8. The second-order valence-corrected chi connectivity index (χ2v) is 4.01. The van der Waals surface area contributed by atoms with Crippen LogP contribution in [0.4, 0.5) is 13.2 Å². The standard InChI is InChI=1S/C12H9ClF3NO/c13-5-4-11-17-7-10(18-11)8-2-1-3-9(6-8)12(14,15)16/h1-3,6-7H,4-5H2. The smallest absolute Gasteiger partial charge is 0.416 e. The molecular weight excluding hydrogens is 267 g/mol. The lowest BCUT2D eigenvalue weighted by Gasteiger charge is -2.07. The summed E-state index contributed by atoms with van der Waals surface area (Å²) >= 11 is 5.53. The van der Waals surface area contributed by atoms with Crippen LogP contribution >= 0.6 is 11.6 Å². The summed E-state index contributed by atoms with van der Waals surface area (Å²) in [6, 6.07) is 4.92. The molecule has 1 heterocycles. The molecule has 2 aromatic rings. The van der Waals surface area contributed by atoms with E-state index in [4.69, 9.17) is 16.0 Å². The van der Waals surface area contributed by atoms with E-state index in [2.05, 4.69) is 4.98 Å². The van der Waals surface area contributed by atoms with E-state index in [1.165, 1.54) is 12.3 Å². The van der Waals surface area contributed by atoms with Gasteiger partial charge in [-0.2, -0.15) is 13.2 Å². The van der Waals surface area contributed by atoms with Gasteiger partial charge in [-0.25, -0.2) is 4.98 Å². The summed E-state index contributed by atoms with van der Waals surface area (Å²) in [6.07, 6.45) is -2.52. The Morgan fingerprint density at radius 2 is 2.06 bits per heavy atom. The van der Waals surface area contributed by atoms with Gasteiger partial charge in [-0.15, -0.1) is 11.6 Å². The molecule has 0 amide bonds. The highest BCUT2D eigenvalue weighted by Crippen LogP contribution is 2.32. The maximum Gasteiger partial charge on any atom is 0.416 e. The molecule has 6 heteroatoms. The van der Waals surface area contributed by atoms with Crippen molar-refractivity contribution in [1.29, 1.82) is 0 Å². The molecule has 1 aromatic heterocycles. The van der Waals surface area contributed by atoms with E-state index in [-0.39, 0.29) is 0 Å². The van der Waals surface area contributed by atoms with Crippen LogP contribution in [-0.2, 0) is 12.6 Å². The first-order chi connectivity index (χ1) is 8.50. The molecule has 0 atom stereocenters. The Hall–Kier alpha value is -1.49. The fourth-order valence-corrected chi connectivity index (χ4v) is 1.65. The number of hydrogen-bond donors (Lipinski definition) is 0. The van der Waals surface area contributed by atoms with Gasteiger partial charge in [-0.3, -0.25) is 0 Å². The number of oxazole rings is 1. The van der Waals surface area contributed by atoms with Gasteiger partial charge in [-0.1, -0.05) is 12.1 Å². The zero-order valence-corrected chi connectivity index (χ0v) is 9.92. The maximum atomic E-state index is 12.5. The number of halogens is 4. The first-order valence-corrected chi connectivity index (χ1v) is 5.72. The van der Waals surface area contributed by atoms with Gasteiger partial charge < -0.3 is 4.42 Å². The van der Waals surface area contributed by atoms with E-state index in [9.17, 15) is 13.2 Å². The molecule has 0 aliphatic heterocycles. The molecule has 2 rings (SSSR count). The van der Waals surface area contributed by atoms with E-state index in [0.29, 0.717) is 29.5 Å². The molecule has 96 valence electrons. The van der Waals surface area contributed by atoms with Crippen LogP contribution in [0, 0.1) is 0 Å². The second-order valence-electron chi connectivity index (χ2n) is 3.64. The molecule has 0 aliphatic carbocycles. The number of aromatic nitrogens is 1. The number of aryl methyl sites for hydroxylation is 1. The first-order valence-electron chi connectivity index (χ1n) is 5.19. The predicted octanol–water partition coefficient (Wildman–Crippen LogP) is 4.14. The summed E-state index contributed by atoms with van der Waals surface area (Å²) in [5.74, 6) is 1.07. The van der Waals surface area contributed by atoms with Crippen LogP contribution in [-0.4, -0.2) is 10.9 Å². The highest BCUT2D eigenvalue weighted by molar-refractivity contribution is 6.17. The number of rotatable bonds is 3. The average molecular weight is 276 g/mol. The lowest BCUT2D eigenvalue weighted by atomic mass is 10.1. The molecule has 0 radical (unpaired) electrons. The third kappa shape index (κ3) is 2.85. The number of nitrogens with zero attached hydrogens (tertiary/aromatic N) is 1. The van der Waals surface area contributed by atoms with Crippen LogP contribution in [0.25, 0.3) is 11.3 Å². The molecule has 2 nitrogen and oxygen atoms in total. The molecule has 0 aliphatic rings. The largest absolute Gasteiger partial charge is 0.441 e. The van der Waals surface area contributed by atoms with E-state index in [1.54, 1.807) is 6.07 Å². The summed E-state index contributed by atoms with van der Waals surface area (Å²) in [4.78, 5) is 3.94. The number of hydrogen-bond acceptors (Lipinski definition) is 2. The van der Waals surface area contributed by atoms with Gasteiger partial charge in [-0.05, 0) is 12.1 Å². The molecule has 0 N–H and O–H groups in total. The average Bonchev–Trinajstić information content (AvgIpc) is 2.77. The summed E-state index contributed by atoms with van der Waals surface area (Å²) in [5.41, 5.74) is -0.367. The Kier molecular flexibility index (Phi) is 3.61. The van der Waals surface area contributed by atoms with Crippen molar-refractivity contribution in [2.75, 3.05) is 5.88 Å². The second kappa shape index (κ2) is 5.02. The topological polar surface area (TPSA) is 26.0 Å². The molecule has 0 bridgehead atoms. The lowest BCUT2D eigenvalue weighted by molar-refractivity contribution is -0.137. The number of alkyl halides is 4. The minimum Gasteiger partial charge on any atom is -0.441 e. The molecule has 0 saturated carbocycles. The Balaban J connectivity index is 2.32. The van der Waals surface area contributed by atoms with Crippen LogP contribution in [0.3, 0.4) is 0 Å². The summed E-state index contributed by atoms with van der Waals surface area (Å²) in [5, 5.41) is 0. The van der Waals surface area contributed by atoms with Gasteiger partial charge in [0.1, 0.15) is 0 Å². The van der Waals surface area contributed by atoms with Crippen LogP contribution in [0.2, 0.25) is 0 Å². The Bertz CT molecular complexity index is 536. The van der Waals surface area contributed by atoms with E-state index < -0.39 is 11.7 Å². The molecule has 0 saturated heterocycles. The fraction of sp³-hybridized carbons (Fsp3) is 0.250. The van der Waals surface area contributed by atoms with Gasteiger partial charge in [0.2, 0.25) is 0 Å². The highest BCUT2D eigenvalue weighted by Gasteiger charge is 2.30. The van der Waals surface area contributed by atoms with E-state index in [1.807, 2.05) is 0 Å². The SMILES string of the molecule is FC(F)(F)c1cccc(-c2cnc(CCCl)o2)c1. The molecule has 1 aromatic carbocycles. The van der Waals surface area contributed by atoms with Crippen molar-refractivity contribution in [2.45, 2.75) is 12.6 Å². The third-order valence-electron chi connectivity index (χ3n) is 2.34. The van der Waals surface area contributed by atoms with Crippen molar-refractivity contribution in [3.05, 3.63) is 41.9 Å². The molecule has 0 unspecified atom stereocenters. The van der Waals surface area contributed by atoms with Gasteiger partial charge in [0.25, 0.3) is 0 Å². The maximum absolute atomic E-state index is 12.5. The quantitative estimate of drug-likeness (QED) is 0.787. The summed E-state index contributed by atoms with van der Waals surface area (Å²) < 4.78 is 43.0. The first kappa shape index (κ1) is 13.0. The lowest BCUT2D eigenvalue weighted by Crippen LogP contribution is -2.04. The molecular formula is C12H9ClF3NO. The van der Waals surface area contributed by atoms with Crippen molar-refractivity contribution < 1.29 is 17.6 Å². The van der Waals surface area contributed by atoms with Crippen LogP contribution in [0.15, 0.2) is 34.9 Å². The van der Waals surface area contributed by atoms with E-state index in [0.717, 1.165) is 12.1 Å². The minimum absolute atomic E-state index is 0.307. The van der Waals surface area contributed by atoms with Crippen molar-refractivity contribution >= 4 is 11.6 Å².